The third-order valence-corrected chi connectivity index (χ3v) is 5.05. The van der Waals surface area contributed by atoms with E-state index in [0.29, 0.717) is 13.2 Å². The molecule has 0 heterocycles. The van der Waals surface area contributed by atoms with Crippen LogP contribution in [0.25, 0.3) is 11.1 Å². The number of benzene rings is 3. The fourth-order valence-corrected chi connectivity index (χ4v) is 3.50. The van der Waals surface area contributed by atoms with Crippen LogP contribution in [-0.4, -0.2) is 18.3 Å². The fraction of sp³-hybridized carbons (Fsp3) is 0.231. The van der Waals surface area contributed by atoms with Gasteiger partial charge in [0.15, 0.2) is 0 Å². The second-order valence-electron chi connectivity index (χ2n) is 6.97. The summed E-state index contributed by atoms with van der Waals surface area (Å²) in [5, 5.41) is 9.76. The molecule has 3 rings (SSSR count). The first-order valence-corrected chi connectivity index (χ1v) is 10.2. The first kappa shape index (κ1) is 20.7. The Hall–Kier alpha value is -3.04. The van der Waals surface area contributed by atoms with Crippen molar-refractivity contribution in [3.05, 3.63) is 95.1 Å². The van der Waals surface area contributed by atoms with Gasteiger partial charge < -0.3 is 15.6 Å². The summed E-state index contributed by atoms with van der Waals surface area (Å²) in [4.78, 5) is 0. The van der Waals surface area contributed by atoms with Crippen molar-refractivity contribution in [1.29, 1.82) is 0 Å². The minimum Gasteiger partial charge on any atom is -0.508 e. The second-order valence-corrected chi connectivity index (χ2v) is 6.97. The van der Waals surface area contributed by atoms with Crippen LogP contribution < -0.4 is 10.5 Å². The van der Waals surface area contributed by atoms with E-state index in [2.05, 4.69) is 50.2 Å². The van der Waals surface area contributed by atoms with Crippen LogP contribution in [0.3, 0.4) is 0 Å². The standard InChI is InChI=1S/C26H29NO2/c1-3-19-5-7-20(8-6-19)25(4-2)26(21-9-13-23(28)14-10-21)22-11-15-24(16-12-22)29-18-17-27/h5-16,28H,3-4,17-18,27H2,1-2H3. The molecule has 0 fully saturated rings. The largest absolute Gasteiger partial charge is 0.508 e. The first-order valence-electron chi connectivity index (χ1n) is 10.2. The van der Waals surface area contributed by atoms with E-state index >= 15 is 0 Å². The highest BCUT2D eigenvalue weighted by Crippen LogP contribution is 2.35. The molecule has 0 aromatic heterocycles. The highest BCUT2D eigenvalue weighted by atomic mass is 16.5. The van der Waals surface area contributed by atoms with Crippen molar-refractivity contribution in [3.8, 4) is 11.5 Å². The Morgan fingerprint density at radius 1 is 0.793 bits per heavy atom. The van der Waals surface area contributed by atoms with Gasteiger partial charge in [0.1, 0.15) is 18.1 Å². The molecule has 0 aliphatic rings. The fourth-order valence-electron chi connectivity index (χ4n) is 3.50. The third kappa shape index (κ3) is 5.07. The molecule has 3 heteroatoms. The van der Waals surface area contributed by atoms with Crippen molar-refractivity contribution in [2.75, 3.05) is 13.2 Å². The zero-order valence-electron chi connectivity index (χ0n) is 17.2. The maximum absolute atomic E-state index is 9.76. The molecule has 0 atom stereocenters. The number of phenols is 1. The van der Waals surface area contributed by atoms with E-state index in [1.54, 1.807) is 12.1 Å². The molecule has 3 nitrogen and oxygen atoms in total. The Bertz CT molecular complexity index is 940. The molecule has 0 aliphatic carbocycles. The van der Waals surface area contributed by atoms with Crippen molar-refractivity contribution in [2.24, 2.45) is 5.73 Å². The van der Waals surface area contributed by atoms with E-state index < -0.39 is 0 Å². The molecule has 0 unspecified atom stereocenters. The maximum atomic E-state index is 9.76. The number of aryl methyl sites for hydroxylation is 1. The van der Waals surface area contributed by atoms with Crippen LogP contribution >= 0.6 is 0 Å². The van der Waals surface area contributed by atoms with Crippen LogP contribution in [0, 0.1) is 0 Å². The van der Waals surface area contributed by atoms with Gasteiger partial charge in [0, 0.05) is 6.54 Å². The van der Waals surface area contributed by atoms with Crippen LogP contribution in [0.1, 0.15) is 42.5 Å². The van der Waals surface area contributed by atoms with Gasteiger partial charge in [-0.3, -0.25) is 0 Å². The Labute approximate surface area is 173 Å². The van der Waals surface area contributed by atoms with E-state index in [-0.39, 0.29) is 5.75 Å². The lowest BCUT2D eigenvalue weighted by atomic mass is 9.88. The zero-order chi connectivity index (χ0) is 20.6. The zero-order valence-corrected chi connectivity index (χ0v) is 17.2. The van der Waals surface area contributed by atoms with E-state index in [1.165, 1.54) is 22.3 Å². The summed E-state index contributed by atoms with van der Waals surface area (Å²) >= 11 is 0. The minimum atomic E-state index is 0.268. The lowest BCUT2D eigenvalue weighted by Crippen LogP contribution is -2.10. The Kier molecular flexibility index (Phi) is 7.09. The number of ether oxygens (including phenoxy) is 1. The third-order valence-electron chi connectivity index (χ3n) is 5.05. The highest BCUT2D eigenvalue weighted by Gasteiger charge is 2.13. The second kappa shape index (κ2) is 9.94. The molecule has 150 valence electrons. The number of hydrogen-bond donors (Lipinski definition) is 2. The van der Waals surface area contributed by atoms with Gasteiger partial charge in [-0.05, 0) is 70.5 Å². The van der Waals surface area contributed by atoms with Gasteiger partial charge in [-0.2, -0.15) is 0 Å². The summed E-state index contributed by atoms with van der Waals surface area (Å²) in [5.74, 6) is 1.08. The molecule has 0 saturated heterocycles. The van der Waals surface area contributed by atoms with Crippen LogP contribution in [0.2, 0.25) is 0 Å². The highest BCUT2D eigenvalue weighted by molar-refractivity contribution is 5.98. The van der Waals surface area contributed by atoms with E-state index in [9.17, 15) is 5.11 Å². The van der Waals surface area contributed by atoms with Gasteiger partial charge in [-0.15, -0.1) is 0 Å². The van der Waals surface area contributed by atoms with E-state index in [1.807, 2.05) is 24.3 Å². The summed E-state index contributed by atoms with van der Waals surface area (Å²) in [6, 6.07) is 24.4. The minimum absolute atomic E-state index is 0.268. The molecule has 0 saturated carbocycles. The predicted molar refractivity (Wildman–Crippen MR) is 121 cm³/mol. The van der Waals surface area contributed by atoms with Gasteiger partial charge in [0.2, 0.25) is 0 Å². The lowest BCUT2D eigenvalue weighted by molar-refractivity contribution is 0.328. The van der Waals surface area contributed by atoms with Crippen molar-refractivity contribution < 1.29 is 9.84 Å². The smallest absolute Gasteiger partial charge is 0.119 e. The average Bonchev–Trinajstić information content (AvgIpc) is 2.77. The van der Waals surface area contributed by atoms with Crippen LogP contribution in [0.4, 0.5) is 0 Å². The molecule has 0 aliphatic heterocycles. The van der Waals surface area contributed by atoms with Crippen molar-refractivity contribution in [1.82, 2.24) is 0 Å². The molecular formula is C26H29NO2. The molecule has 3 aromatic carbocycles. The summed E-state index contributed by atoms with van der Waals surface area (Å²) in [5.41, 5.74) is 12.7. The van der Waals surface area contributed by atoms with E-state index in [0.717, 1.165) is 29.7 Å². The summed E-state index contributed by atoms with van der Waals surface area (Å²) in [6.45, 7) is 5.35. The molecule has 0 bridgehead atoms. The van der Waals surface area contributed by atoms with Crippen molar-refractivity contribution in [2.45, 2.75) is 26.7 Å². The number of aromatic hydroxyl groups is 1. The maximum Gasteiger partial charge on any atom is 0.119 e. The van der Waals surface area contributed by atoms with Crippen molar-refractivity contribution in [3.63, 3.8) is 0 Å². The lowest BCUT2D eigenvalue weighted by Gasteiger charge is -2.17. The summed E-state index contributed by atoms with van der Waals surface area (Å²) < 4.78 is 5.63. The summed E-state index contributed by atoms with van der Waals surface area (Å²) in [7, 11) is 0. The van der Waals surface area contributed by atoms with E-state index in [4.69, 9.17) is 10.5 Å². The SMILES string of the molecule is CCC(=C(c1ccc(O)cc1)c1ccc(OCCN)cc1)c1ccc(CC)cc1. The topological polar surface area (TPSA) is 55.5 Å². The molecule has 0 spiro atoms. The molecule has 3 N–H and O–H groups in total. The quantitative estimate of drug-likeness (QED) is 0.490. The Morgan fingerprint density at radius 3 is 1.86 bits per heavy atom. The molecular weight excluding hydrogens is 358 g/mol. The van der Waals surface area contributed by atoms with Gasteiger partial charge in [0.05, 0.1) is 0 Å². The number of rotatable bonds is 8. The number of hydrogen-bond acceptors (Lipinski definition) is 3. The van der Waals surface area contributed by atoms with Crippen molar-refractivity contribution >= 4 is 11.1 Å². The van der Waals surface area contributed by atoms with Gasteiger partial charge in [-0.1, -0.05) is 62.4 Å². The molecule has 0 amide bonds. The Balaban J connectivity index is 2.12. The van der Waals surface area contributed by atoms with Crippen LogP contribution in [-0.2, 0) is 6.42 Å². The van der Waals surface area contributed by atoms with Crippen LogP contribution in [0.5, 0.6) is 11.5 Å². The number of nitrogens with two attached hydrogens (primary N) is 1. The molecule has 29 heavy (non-hydrogen) atoms. The number of allylic oxidation sites excluding steroid dienone is 1. The van der Waals surface area contributed by atoms with Gasteiger partial charge in [-0.25, -0.2) is 0 Å². The predicted octanol–water partition coefficient (Wildman–Crippen LogP) is 5.66. The van der Waals surface area contributed by atoms with Gasteiger partial charge >= 0.3 is 0 Å². The average molecular weight is 388 g/mol. The summed E-state index contributed by atoms with van der Waals surface area (Å²) in [6.07, 6.45) is 1.92. The molecule has 3 aromatic rings. The monoisotopic (exact) mass is 387 g/mol. The molecule has 0 radical (unpaired) electrons. The first-order chi connectivity index (χ1) is 14.2. The number of phenolic OH excluding ortho intramolecular Hbond substituents is 1. The Morgan fingerprint density at radius 2 is 1.34 bits per heavy atom. The van der Waals surface area contributed by atoms with Gasteiger partial charge in [0.25, 0.3) is 0 Å². The van der Waals surface area contributed by atoms with Crippen LogP contribution in [0.15, 0.2) is 72.8 Å². The normalized spacial score (nSPS) is 11.8.